The van der Waals surface area contributed by atoms with E-state index in [2.05, 4.69) is 4.98 Å². The fourth-order valence-electron chi connectivity index (χ4n) is 5.12. The van der Waals surface area contributed by atoms with Crippen LogP contribution in [0.2, 0.25) is 0 Å². The van der Waals surface area contributed by atoms with E-state index in [0.717, 1.165) is 12.8 Å². The van der Waals surface area contributed by atoms with Crippen LogP contribution in [-0.4, -0.2) is 66.4 Å². The van der Waals surface area contributed by atoms with Crippen LogP contribution in [0.4, 0.5) is 0 Å². The van der Waals surface area contributed by atoms with Gasteiger partial charge in [-0.1, -0.05) is 12.8 Å². The third-order valence-electron chi connectivity index (χ3n) is 6.74. The van der Waals surface area contributed by atoms with E-state index in [-0.39, 0.29) is 43.8 Å². The third kappa shape index (κ3) is 5.07. The van der Waals surface area contributed by atoms with Gasteiger partial charge in [-0.3, -0.25) is 23.9 Å². The summed E-state index contributed by atoms with van der Waals surface area (Å²) >= 11 is 0. The number of nitrogens with zero attached hydrogens (tertiary/aromatic N) is 2. The molecule has 1 saturated heterocycles. The minimum Gasteiger partial charge on any atom is -0.481 e. The van der Waals surface area contributed by atoms with Crippen LogP contribution in [0.1, 0.15) is 63.5 Å². The highest BCUT2D eigenvalue weighted by molar-refractivity contribution is 5.78. The van der Waals surface area contributed by atoms with E-state index in [1.165, 1.54) is 29.5 Å². The van der Waals surface area contributed by atoms with Gasteiger partial charge in [-0.05, 0) is 32.1 Å². The molecule has 3 rings (SSSR count). The van der Waals surface area contributed by atoms with Crippen molar-refractivity contribution in [2.24, 2.45) is 5.41 Å². The molecule has 2 aliphatic rings. The first kappa shape index (κ1) is 23.2. The average molecular weight is 437 g/mol. The van der Waals surface area contributed by atoms with Gasteiger partial charge in [-0.25, -0.2) is 4.79 Å². The van der Waals surface area contributed by atoms with Crippen LogP contribution in [0, 0.1) is 12.3 Å². The van der Waals surface area contributed by atoms with Crippen molar-refractivity contribution < 1.29 is 24.9 Å². The third-order valence-corrected chi connectivity index (χ3v) is 6.74. The zero-order valence-corrected chi connectivity index (χ0v) is 18.0. The molecule has 0 aromatic carbocycles. The number of aryl methyl sites for hydroxylation is 1. The second kappa shape index (κ2) is 8.58. The molecule has 1 aliphatic heterocycles. The van der Waals surface area contributed by atoms with Crippen molar-refractivity contribution in [2.75, 3.05) is 13.1 Å². The number of hydrogen-bond donors (Lipinski definition) is 4. The number of amides is 1. The molecule has 10 heteroatoms. The summed E-state index contributed by atoms with van der Waals surface area (Å²) in [5.41, 5.74) is -3.08. The van der Waals surface area contributed by atoms with Gasteiger partial charge in [0.15, 0.2) is 0 Å². The molecule has 31 heavy (non-hydrogen) atoms. The normalized spacial score (nSPS) is 28.3. The lowest BCUT2D eigenvalue weighted by Gasteiger charge is -2.35. The number of aromatic nitrogens is 2. The van der Waals surface area contributed by atoms with Crippen molar-refractivity contribution in [1.29, 1.82) is 0 Å². The molecule has 0 spiro atoms. The number of carboxylic acids is 1. The van der Waals surface area contributed by atoms with Crippen LogP contribution in [0.25, 0.3) is 0 Å². The maximum Gasteiger partial charge on any atom is 0.328 e. The molecule has 4 N–H and O–H groups in total. The summed E-state index contributed by atoms with van der Waals surface area (Å²) in [6.07, 6.45) is 3.27. The lowest BCUT2D eigenvalue weighted by molar-refractivity contribution is -0.142. The van der Waals surface area contributed by atoms with Crippen LogP contribution in [0.3, 0.4) is 0 Å². The van der Waals surface area contributed by atoms with Crippen molar-refractivity contribution in [3.63, 3.8) is 0 Å². The highest BCUT2D eigenvalue weighted by atomic mass is 16.4. The average Bonchev–Trinajstić information content (AvgIpc) is 3.03. The van der Waals surface area contributed by atoms with Gasteiger partial charge in [-0.15, -0.1) is 0 Å². The molecular formula is C21H31N3O7. The topological polar surface area (TPSA) is 153 Å². The summed E-state index contributed by atoms with van der Waals surface area (Å²) in [5.74, 6) is -1.25. The molecule has 3 atom stereocenters. The lowest BCUT2D eigenvalue weighted by Crippen LogP contribution is -2.48. The number of hydrogen-bond acceptors (Lipinski definition) is 6. The molecule has 0 unspecified atom stereocenters. The predicted molar refractivity (Wildman–Crippen MR) is 111 cm³/mol. The Morgan fingerprint density at radius 2 is 1.84 bits per heavy atom. The standard InChI is InChI=1S/C21H31N3O7/c1-13-10-24(19(30)22-18(13)29)15-12-23(11-14(25)7-20(15,2)31)16(26)8-21(9-17(27)28)5-3-4-6-21/h10,14-15,25,31H,3-9,11-12H2,1-2H3,(H,27,28)(H,22,29,30)/t14-,15+,20+/m1/s1. The van der Waals surface area contributed by atoms with Gasteiger partial charge in [0.2, 0.25) is 5.91 Å². The van der Waals surface area contributed by atoms with Crippen LogP contribution >= 0.6 is 0 Å². The highest BCUT2D eigenvalue weighted by Crippen LogP contribution is 2.44. The Labute approximate surface area is 179 Å². The quantitative estimate of drug-likeness (QED) is 0.512. The van der Waals surface area contributed by atoms with Crippen LogP contribution in [0.5, 0.6) is 0 Å². The van der Waals surface area contributed by atoms with E-state index in [9.17, 15) is 34.5 Å². The second-order valence-corrected chi connectivity index (χ2v) is 9.46. The van der Waals surface area contributed by atoms with E-state index >= 15 is 0 Å². The number of carbonyl (C=O) groups is 2. The van der Waals surface area contributed by atoms with E-state index in [1.807, 2.05) is 0 Å². The number of carbonyl (C=O) groups excluding carboxylic acids is 1. The molecule has 0 radical (unpaired) electrons. The summed E-state index contributed by atoms with van der Waals surface area (Å²) in [7, 11) is 0. The molecule has 2 heterocycles. The summed E-state index contributed by atoms with van der Waals surface area (Å²) in [4.78, 5) is 52.5. The Hall–Kier alpha value is -2.46. The van der Waals surface area contributed by atoms with Crippen LogP contribution in [0.15, 0.2) is 15.8 Å². The number of H-pyrrole nitrogens is 1. The Balaban J connectivity index is 1.92. The van der Waals surface area contributed by atoms with E-state index in [4.69, 9.17) is 0 Å². The number of rotatable bonds is 5. The maximum absolute atomic E-state index is 13.2. The Morgan fingerprint density at radius 1 is 1.19 bits per heavy atom. The van der Waals surface area contributed by atoms with Gasteiger partial charge in [0.1, 0.15) is 0 Å². The number of likely N-dealkylation sites (tertiary alicyclic amines) is 1. The fraction of sp³-hybridized carbons (Fsp3) is 0.714. The molecule has 1 saturated carbocycles. The van der Waals surface area contributed by atoms with Crippen molar-refractivity contribution in [1.82, 2.24) is 14.5 Å². The lowest BCUT2D eigenvalue weighted by atomic mass is 9.79. The molecular weight excluding hydrogens is 406 g/mol. The van der Waals surface area contributed by atoms with Gasteiger partial charge >= 0.3 is 11.7 Å². The first-order chi connectivity index (χ1) is 14.4. The largest absolute Gasteiger partial charge is 0.481 e. The van der Waals surface area contributed by atoms with Crippen LogP contribution < -0.4 is 11.2 Å². The van der Waals surface area contributed by atoms with Gasteiger partial charge in [-0.2, -0.15) is 0 Å². The zero-order valence-electron chi connectivity index (χ0n) is 18.0. The number of nitrogens with one attached hydrogen (secondary N) is 1. The Bertz CT molecular complexity index is 958. The number of β-amino-alcohol motifs (C(OH)–C–C–N with tert-alkyl or cyclic N) is 1. The number of aromatic amines is 1. The molecule has 1 amide bonds. The van der Waals surface area contributed by atoms with Gasteiger partial charge in [0.05, 0.1) is 24.2 Å². The Kier molecular flexibility index (Phi) is 6.43. The van der Waals surface area contributed by atoms with E-state index < -0.39 is 40.4 Å². The molecule has 2 fully saturated rings. The smallest absolute Gasteiger partial charge is 0.328 e. The minimum atomic E-state index is -1.52. The molecule has 10 nitrogen and oxygen atoms in total. The maximum atomic E-state index is 13.2. The highest BCUT2D eigenvalue weighted by Gasteiger charge is 2.44. The molecule has 0 bridgehead atoms. The summed E-state index contributed by atoms with van der Waals surface area (Å²) < 4.78 is 1.21. The zero-order chi connectivity index (χ0) is 23.0. The molecule has 1 aromatic rings. The summed E-state index contributed by atoms with van der Waals surface area (Å²) in [6, 6.07) is -0.893. The van der Waals surface area contributed by atoms with E-state index in [1.54, 1.807) is 0 Å². The van der Waals surface area contributed by atoms with Gasteiger partial charge in [0.25, 0.3) is 5.56 Å². The number of aliphatic carboxylic acids is 1. The number of carboxylic acid groups (broad SMARTS) is 1. The summed E-state index contributed by atoms with van der Waals surface area (Å²) in [5, 5.41) is 30.8. The van der Waals surface area contributed by atoms with Crippen molar-refractivity contribution in [3.8, 4) is 0 Å². The van der Waals surface area contributed by atoms with Gasteiger partial charge in [0, 0.05) is 37.7 Å². The summed E-state index contributed by atoms with van der Waals surface area (Å²) in [6.45, 7) is 2.96. The Morgan fingerprint density at radius 3 is 2.45 bits per heavy atom. The SMILES string of the molecule is Cc1cn([C@H]2CN(C(=O)CC3(CC(=O)O)CCCC3)C[C@H](O)C[C@]2(C)O)c(=O)[nH]c1=O. The van der Waals surface area contributed by atoms with Crippen molar-refractivity contribution in [3.05, 3.63) is 32.6 Å². The number of aliphatic hydroxyl groups excluding tert-OH is 1. The van der Waals surface area contributed by atoms with Crippen molar-refractivity contribution in [2.45, 2.75) is 76.5 Å². The van der Waals surface area contributed by atoms with E-state index in [0.29, 0.717) is 12.8 Å². The first-order valence-electron chi connectivity index (χ1n) is 10.6. The fourth-order valence-corrected chi connectivity index (χ4v) is 5.12. The molecule has 1 aromatic heterocycles. The van der Waals surface area contributed by atoms with Gasteiger partial charge < -0.3 is 20.2 Å². The van der Waals surface area contributed by atoms with Crippen LogP contribution in [-0.2, 0) is 9.59 Å². The minimum absolute atomic E-state index is 0.0221. The second-order valence-electron chi connectivity index (χ2n) is 9.46. The molecule has 172 valence electrons. The monoisotopic (exact) mass is 437 g/mol. The first-order valence-corrected chi connectivity index (χ1v) is 10.6. The van der Waals surface area contributed by atoms with Crippen molar-refractivity contribution >= 4 is 11.9 Å². The molecule has 1 aliphatic carbocycles. The predicted octanol–water partition coefficient (Wildman–Crippen LogP) is 0.156. The number of aliphatic hydroxyl groups is 2.